The summed E-state index contributed by atoms with van der Waals surface area (Å²) in [6, 6.07) is 15.7. The number of para-hydroxylation sites is 2. The van der Waals surface area contributed by atoms with E-state index in [1.165, 1.54) is 17.6 Å². The van der Waals surface area contributed by atoms with Crippen molar-refractivity contribution in [3.8, 4) is 5.75 Å². The molecule has 0 N–H and O–H groups in total. The Kier molecular flexibility index (Phi) is 7.01. The maximum atomic E-state index is 12.1. The highest BCUT2D eigenvalue weighted by atomic mass is 16.6. The topological polar surface area (TPSA) is 51.1 Å². The SMILES string of the molecule is CCCc1ccccc1OCc1ccccc1N(C)C(=O)C=NOC. The molecule has 5 nitrogen and oxygen atoms in total. The average Bonchev–Trinajstić information content (AvgIpc) is 2.65. The molecule has 0 aliphatic rings. The molecule has 0 atom stereocenters. The van der Waals surface area contributed by atoms with Gasteiger partial charge in [0.05, 0.1) is 5.69 Å². The van der Waals surface area contributed by atoms with E-state index >= 15 is 0 Å². The molecule has 2 aromatic rings. The first-order chi connectivity index (χ1) is 12.2. The van der Waals surface area contributed by atoms with Gasteiger partial charge < -0.3 is 14.5 Å². The van der Waals surface area contributed by atoms with Gasteiger partial charge >= 0.3 is 0 Å². The first kappa shape index (κ1) is 18.5. The second-order valence-electron chi connectivity index (χ2n) is 5.59. The molecule has 2 rings (SSSR count). The third-order valence-electron chi connectivity index (χ3n) is 3.83. The second-order valence-corrected chi connectivity index (χ2v) is 5.59. The average molecular weight is 340 g/mol. The molecule has 25 heavy (non-hydrogen) atoms. The molecule has 0 saturated heterocycles. The maximum Gasteiger partial charge on any atom is 0.272 e. The quantitative estimate of drug-likeness (QED) is 0.542. The fourth-order valence-corrected chi connectivity index (χ4v) is 2.54. The summed E-state index contributed by atoms with van der Waals surface area (Å²) in [5.41, 5.74) is 2.90. The van der Waals surface area contributed by atoms with Gasteiger partial charge in [0.15, 0.2) is 0 Å². The minimum absolute atomic E-state index is 0.263. The minimum Gasteiger partial charge on any atom is -0.489 e. The number of rotatable bonds is 8. The van der Waals surface area contributed by atoms with E-state index < -0.39 is 0 Å². The lowest BCUT2D eigenvalue weighted by Gasteiger charge is -2.19. The molecular weight excluding hydrogens is 316 g/mol. The van der Waals surface area contributed by atoms with E-state index in [1.807, 2.05) is 42.5 Å². The number of hydrogen-bond acceptors (Lipinski definition) is 4. The van der Waals surface area contributed by atoms with E-state index in [-0.39, 0.29) is 5.91 Å². The number of amides is 1. The van der Waals surface area contributed by atoms with Crippen LogP contribution in [0.15, 0.2) is 53.7 Å². The van der Waals surface area contributed by atoms with E-state index in [1.54, 1.807) is 7.05 Å². The van der Waals surface area contributed by atoms with Gasteiger partial charge in [-0.2, -0.15) is 0 Å². The van der Waals surface area contributed by atoms with Crippen molar-refractivity contribution in [1.29, 1.82) is 0 Å². The normalized spacial score (nSPS) is 10.7. The number of benzene rings is 2. The fraction of sp³-hybridized carbons (Fsp3) is 0.300. The number of aryl methyl sites for hydroxylation is 1. The monoisotopic (exact) mass is 340 g/mol. The number of anilines is 1. The molecule has 0 bridgehead atoms. The first-order valence-electron chi connectivity index (χ1n) is 8.30. The van der Waals surface area contributed by atoms with Crippen molar-refractivity contribution in [2.75, 3.05) is 19.1 Å². The van der Waals surface area contributed by atoms with Crippen molar-refractivity contribution in [1.82, 2.24) is 0 Å². The number of carbonyl (C=O) groups is 1. The van der Waals surface area contributed by atoms with Crippen molar-refractivity contribution >= 4 is 17.8 Å². The van der Waals surface area contributed by atoms with Gasteiger partial charge in [-0.05, 0) is 24.1 Å². The summed E-state index contributed by atoms with van der Waals surface area (Å²) < 4.78 is 6.03. The molecule has 0 unspecified atom stereocenters. The van der Waals surface area contributed by atoms with Gasteiger partial charge in [-0.15, -0.1) is 0 Å². The highest BCUT2D eigenvalue weighted by Gasteiger charge is 2.13. The summed E-state index contributed by atoms with van der Waals surface area (Å²) in [6.07, 6.45) is 3.19. The summed E-state index contributed by atoms with van der Waals surface area (Å²) in [7, 11) is 3.10. The van der Waals surface area contributed by atoms with Crippen LogP contribution in [0, 0.1) is 0 Å². The van der Waals surface area contributed by atoms with Crippen LogP contribution in [0.25, 0.3) is 0 Å². The highest BCUT2D eigenvalue weighted by molar-refractivity contribution is 6.32. The molecular formula is C20H24N2O3. The van der Waals surface area contributed by atoms with Crippen LogP contribution in [0.2, 0.25) is 0 Å². The molecule has 0 aliphatic heterocycles. The van der Waals surface area contributed by atoms with Crippen LogP contribution >= 0.6 is 0 Å². The Labute approximate surface area is 148 Å². The molecule has 0 aromatic heterocycles. The Morgan fingerprint density at radius 3 is 2.52 bits per heavy atom. The Morgan fingerprint density at radius 1 is 1.12 bits per heavy atom. The predicted octanol–water partition coefficient (Wildman–Crippen LogP) is 3.81. The molecule has 0 spiro atoms. The summed E-state index contributed by atoms with van der Waals surface area (Å²) in [5, 5.41) is 3.53. The third-order valence-corrected chi connectivity index (χ3v) is 3.83. The van der Waals surface area contributed by atoms with Crippen LogP contribution < -0.4 is 9.64 Å². The van der Waals surface area contributed by atoms with Gasteiger partial charge in [-0.25, -0.2) is 0 Å². The van der Waals surface area contributed by atoms with Crippen molar-refractivity contribution in [2.45, 2.75) is 26.4 Å². The maximum absolute atomic E-state index is 12.1. The minimum atomic E-state index is -0.263. The number of carbonyl (C=O) groups excluding carboxylic acids is 1. The molecule has 0 saturated carbocycles. The summed E-state index contributed by atoms with van der Waals surface area (Å²) in [6.45, 7) is 2.53. The summed E-state index contributed by atoms with van der Waals surface area (Å²) in [5.74, 6) is 0.620. The van der Waals surface area contributed by atoms with Crippen molar-refractivity contribution in [3.05, 3.63) is 59.7 Å². The van der Waals surface area contributed by atoms with Crippen LogP contribution in [0.4, 0.5) is 5.69 Å². The molecule has 0 aliphatic carbocycles. The van der Waals surface area contributed by atoms with Crippen LogP contribution in [0.5, 0.6) is 5.75 Å². The Morgan fingerprint density at radius 2 is 1.80 bits per heavy atom. The largest absolute Gasteiger partial charge is 0.489 e. The molecule has 0 fully saturated rings. The Hall–Kier alpha value is -2.82. The smallest absolute Gasteiger partial charge is 0.272 e. The number of oxime groups is 1. The van der Waals surface area contributed by atoms with Crippen LogP contribution in [0.3, 0.4) is 0 Å². The number of nitrogens with zero attached hydrogens (tertiary/aromatic N) is 2. The highest BCUT2D eigenvalue weighted by Crippen LogP contribution is 2.24. The standard InChI is InChI=1S/C20H24N2O3/c1-4-9-16-10-6-8-13-19(16)25-15-17-11-5-7-12-18(17)22(2)20(23)14-21-24-3/h5-8,10-14H,4,9,15H2,1-3H3. The van der Waals surface area contributed by atoms with Crippen molar-refractivity contribution < 1.29 is 14.4 Å². The van der Waals surface area contributed by atoms with Gasteiger partial charge in [-0.3, -0.25) is 4.79 Å². The molecule has 0 radical (unpaired) electrons. The summed E-state index contributed by atoms with van der Waals surface area (Å²) >= 11 is 0. The van der Waals surface area contributed by atoms with E-state index in [4.69, 9.17) is 4.74 Å². The summed E-state index contributed by atoms with van der Waals surface area (Å²) in [4.78, 5) is 18.2. The van der Waals surface area contributed by atoms with Crippen molar-refractivity contribution in [2.24, 2.45) is 5.16 Å². The number of hydrogen-bond donors (Lipinski definition) is 0. The Balaban J connectivity index is 2.16. The van der Waals surface area contributed by atoms with Crippen LogP contribution in [-0.4, -0.2) is 26.3 Å². The Bertz CT molecular complexity index is 728. The third kappa shape index (κ3) is 5.08. The molecule has 1 amide bonds. The second kappa shape index (κ2) is 9.47. The van der Waals surface area contributed by atoms with Gasteiger partial charge in [0.2, 0.25) is 0 Å². The molecule has 0 heterocycles. The zero-order valence-electron chi connectivity index (χ0n) is 14.9. The van der Waals surface area contributed by atoms with Crippen LogP contribution in [-0.2, 0) is 22.7 Å². The lowest BCUT2D eigenvalue weighted by molar-refractivity contribution is -0.112. The predicted molar refractivity (Wildman–Crippen MR) is 100 cm³/mol. The van der Waals surface area contributed by atoms with Gasteiger partial charge in [0.25, 0.3) is 5.91 Å². The van der Waals surface area contributed by atoms with Gasteiger partial charge in [0.1, 0.15) is 25.7 Å². The van der Waals surface area contributed by atoms with Crippen LogP contribution in [0.1, 0.15) is 24.5 Å². The first-order valence-corrected chi connectivity index (χ1v) is 8.30. The molecule has 132 valence electrons. The lowest BCUT2D eigenvalue weighted by atomic mass is 10.1. The zero-order chi connectivity index (χ0) is 18.1. The van der Waals surface area contributed by atoms with E-state index in [2.05, 4.69) is 23.0 Å². The fourth-order valence-electron chi connectivity index (χ4n) is 2.54. The van der Waals surface area contributed by atoms with E-state index in [0.29, 0.717) is 6.61 Å². The van der Waals surface area contributed by atoms with E-state index in [0.717, 1.165) is 36.1 Å². The lowest BCUT2D eigenvalue weighted by Crippen LogP contribution is -2.28. The van der Waals surface area contributed by atoms with Crippen molar-refractivity contribution in [3.63, 3.8) is 0 Å². The van der Waals surface area contributed by atoms with Gasteiger partial charge in [-0.1, -0.05) is 54.9 Å². The zero-order valence-corrected chi connectivity index (χ0v) is 14.9. The molecule has 2 aromatic carbocycles. The molecule has 5 heteroatoms. The van der Waals surface area contributed by atoms with E-state index in [9.17, 15) is 4.79 Å². The number of ether oxygens (including phenoxy) is 1. The van der Waals surface area contributed by atoms with Gasteiger partial charge in [0, 0.05) is 12.6 Å².